The third-order valence-corrected chi connectivity index (χ3v) is 3.01. The van der Waals surface area contributed by atoms with Crippen molar-refractivity contribution in [2.45, 2.75) is 19.9 Å². The molecular weight excluding hydrogens is 272 g/mol. The largest absolute Gasteiger partial charge is 0.353 e. The highest BCUT2D eigenvalue weighted by atomic mass is 15.4. The van der Waals surface area contributed by atoms with Gasteiger partial charge in [-0.3, -0.25) is 5.43 Å². The number of nitrogen functional groups attached to an aromatic ring is 1. The first-order valence-electron chi connectivity index (χ1n) is 6.62. The number of likely N-dealkylation sites (N-methyl/N-ethyl adjacent to an activating group) is 1. The fraction of sp³-hybridized carbons (Fsp3) is 0.545. The zero-order chi connectivity index (χ0) is 15.2. The molecule has 10 nitrogen and oxygen atoms in total. The van der Waals surface area contributed by atoms with Crippen molar-refractivity contribution in [2.75, 3.05) is 30.9 Å². The number of hydrogen-bond donors (Lipinski definition) is 3. The van der Waals surface area contributed by atoms with Crippen molar-refractivity contribution in [2.24, 2.45) is 5.84 Å². The van der Waals surface area contributed by atoms with E-state index in [1.54, 1.807) is 0 Å². The summed E-state index contributed by atoms with van der Waals surface area (Å²) < 4.78 is 1.44. The van der Waals surface area contributed by atoms with Gasteiger partial charge in [0.25, 0.3) is 5.95 Å². The Hall–Kier alpha value is -2.33. The number of rotatable bonds is 7. The molecule has 0 amide bonds. The fourth-order valence-electron chi connectivity index (χ4n) is 1.52. The van der Waals surface area contributed by atoms with Gasteiger partial charge in [-0.05, 0) is 20.9 Å². The van der Waals surface area contributed by atoms with Crippen molar-refractivity contribution in [3.05, 3.63) is 12.7 Å². The maximum Gasteiger partial charge on any atom is 0.258 e. The van der Waals surface area contributed by atoms with Crippen LogP contribution in [0.5, 0.6) is 0 Å². The van der Waals surface area contributed by atoms with E-state index in [9.17, 15) is 0 Å². The van der Waals surface area contributed by atoms with Gasteiger partial charge in [-0.2, -0.15) is 24.7 Å². The molecule has 2 aromatic rings. The van der Waals surface area contributed by atoms with Gasteiger partial charge in [0.1, 0.15) is 12.7 Å². The predicted octanol–water partition coefficient (Wildman–Crippen LogP) is -0.510. The molecule has 0 spiro atoms. The smallest absolute Gasteiger partial charge is 0.258 e. The highest BCUT2D eigenvalue weighted by Crippen LogP contribution is 2.07. The first-order chi connectivity index (χ1) is 10.1. The third-order valence-electron chi connectivity index (χ3n) is 3.01. The molecular formula is C11H20N10. The molecule has 21 heavy (non-hydrogen) atoms. The van der Waals surface area contributed by atoms with E-state index in [2.05, 4.69) is 61.6 Å². The maximum absolute atomic E-state index is 5.37. The van der Waals surface area contributed by atoms with Gasteiger partial charge < -0.3 is 10.2 Å². The SMILES string of the molecule is CC(C)N(C)CCNc1nc(NN)nc(-n2cncn2)n1. The number of nitrogens with two attached hydrogens (primary N) is 1. The first-order valence-corrected chi connectivity index (χ1v) is 6.62. The monoisotopic (exact) mass is 292 g/mol. The topological polar surface area (TPSA) is 123 Å². The molecule has 0 bridgehead atoms. The van der Waals surface area contributed by atoms with E-state index in [1.165, 1.54) is 17.3 Å². The molecule has 4 N–H and O–H groups in total. The van der Waals surface area contributed by atoms with Crippen LogP contribution >= 0.6 is 0 Å². The fourth-order valence-corrected chi connectivity index (χ4v) is 1.52. The van der Waals surface area contributed by atoms with Crippen molar-refractivity contribution in [1.29, 1.82) is 0 Å². The van der Waals surface area contributed by atoms with Crippen LogP contribution in [0.15, 0.2) is 12.7 Å². The number of anilines is 2. The molecule has 0 unspecified atom stereocenters. The quantitative estimate of drug-likeness (QED) is 0.457. The molecule has 0 saturated heterocycles. The molecule has 2 heterocycles. The third kappa shape index (κ3) is 4.07. The van der Waals surface area contributed by atoms with Crippen LogP contribution in [0.3, 0.4) is 0 Å². The lowest BCUT2D eigenvalue weighted by molar-refractivity contribution is 0.284. The van der Waals surface area contributed by atoms with Gasteiger partial charge in [-0.25, -0.2) is 10.8 Å². The van der Waals surface area contributed by atoms with E-state index >= 15 is 0 Å². The van der Waals surface area contributed by atoms with E-state index in [4.69, 9.17) is 5.84 Å². The van der Waals surface area contributed by atoms with Crippen molar-refractivity contribution in [3.8, 4) is 5.95 Å². The number of hydrazine groups is 1. The summed E-state index contributed by atoms with van der Waals surface area (Å²) in [6.07, 6.45) is 2.91. The van der Waals surface area contributed by atoms with Gasteiger partial charge in [-0.1, -0.05) is 0 Å². The average Bonchev–Trinajstić information content (AvgIpc) is 3.01. The van der Waals surface area contributed by atoms with Gasteiger partial charge in [0.2, 0.25) is 11.9 Å². The summed E-state index contributed by atoms with van der Waals surface area (Å²) in [5.74, 6) is 6.41. The van der Waals surface area contributed by atoms with Gasteiger partial charge >= 0.3 is 0 Å². The standard InChI is InChI=1S/C11H20N10/c1-8(2)20(3)5-4-14-9-16-10(19-12)18-11(17-9)21-7-13-6-15-21/h6-8H,4-5,12H2,1-3H3,(H2,14,16,17,18,19). The van der Waals surface area contributed by atoms with Crippen LogP contribution in [0, 0.1) is 0 Å². The summed E-state index contributed by atoms with van der Waals surface area (Å²) in [5.41, 5.74) is 2.41. The Morgan fingerprint density at radius 1 is 1.29 bits per heavy atom. The minimum Gasteiger partial charge on any atom is -0.353 e. The Morgan fingerprint density at radius 3 is 2.67 bits per heavy atom. The van der Waals surface area contributed by atoms with E-state index in [-0.39, 0.29) is 5.95 Å². The van der Waals surface area contributed by atoms with Crippen molar-refractivity contribution in [3.63, 3.8) is 0 Å². The van der Waals surface area contributed by atoms with Gasteiger partial charge in [0.15, 0.2) is 0 Å². The van der Waals surface area contributed by atoms with E-state index < -0.39 is 0 Å². The predicted molar refractivity (Wildman–Crippen MR) is 78.8 cm³/mol. The van der Waals surface area contributed by atoms with E-state index in [0.717, 1.165) is 6.54 Å². The molecule has 2 aromatic heterocycles. The Kier molecular flexibility index (Phi) is 4.95. The summed E-state index contributed by atoms with van der Waals surface area (Å²) >= 11 is 0. The lowest BCUT2D eigenvalue weighted by Crippen LogP contribution is -2.31. The zero-order valence-electron chi connectivity index (χ0n) is 12.4. The molecule has 2 rings (SSSR count). The molecule has 0 aromatic carbocycles. The van der Waals surface area contributed by atoms with Crippen molar-refractivity contribution in [1.82, 2.24) is 34.6 Å². The minimum absolute atomic E-state index is 0.259. The average molecular weight is 292 g/mol. The minimum atomic E-state index is 0.259. The molecule has 0 radical (unpaired) electrons. The van der Waals surface area contributed by atoms with Crippen LogP contribution < -0.4 is 16.6 Å². The van der Waals surface area contributed by atoms with Gasteiger partial charge in [-0.15, -0.1) is 0 Å². The lowest BCUT2D eigenvalue weighted by Gasteiger charge is -2.20. The Labute approximate surface area is 122 Å². The van der Waals surface area contributed by atoms with Crippen LogP contribution in [-0.4, -0.2) is 60.8 Å². The van der Waals surface area contributed by atoms with Crippen LogP contribution in [-0.2, 0) is 0 Å². The highest BCUT2D eigenvalue weighted by molar-refractivity contribution is 5.36. The highest BCUT2D eigenvalue weighted by Gasteiger charge is 2.08. The van der Waals surface area contributed by atoms with E-state index in [1.807, 2.05) is 0 Å². The second-order valence-corrected chi connectivity index (χ2v) is 4.77. The molecule has 10 heteroatoms. The van der Waals surface area contributed by atoms with Crippen LogP contribution in [0.2, 0.25) is 0 Å². The Balaban J connectivity index is 2.07. The lowest BCUT2D eigenvalue weighted by atomic mass is 10.3. The summed E-state index contributed by atoms with van der Waals surface area (Å²) in [4.78, 5) is 18.6. The second-order valence-electron chi connectivity index (χ2n) is 4.77. The van der Waals surface area contributed by atoms with Crippen LogP contribution in [0.1, 0.15) is 13.8 Å². The normalized spacial score (nSPS) is 11.1. The van der Waals surface area contributed by atoms with E-state index in [0.29, 0.717) is 24.5 Å². The summed E-state index contributed by atoms with van der Waals surface area (Å²) in [5, 5.41) is 7.13. The van der Waals surface area contributed by atoms with Crippen molar-refractivity contribution < 1.29 is 0 Å². The number of nitrogens with one attached hydrogen (secondary N) is 2. The summed E-state index contributed by atoms with van der Waals surface area (Å²) in [7, 11) is 2.06. The molecule has 0 aliphatic heterocycles. The number of aromatic nitrogens is 6. The molecule has 0 atom stereocenters. The number of hydrogen-bond acceptors (Lipinski definition) is 9. The van der Waals surface area contributed by atoms with Gasteiger partial charge in [0.05, 0.1) is 0 Å². The molecule has 0 aliphatic rings. The van der Waals surface area contributed by atoms with Crippen LogP contribution in [0.4, 0.5) is 11.9 Å². The Bertz CT molecular complexity index is 552. The molecule has 0 aliphatic carbocycles. The number of nitrogens with zero attached hydrogens (tertiary/aromatic N) is 7. The second kappa shape index (κ2) is 6.90. The molecule has 0 fully saturated rings. The van der Waals surface area contributed by atoms with Crippen molar-refractivity contribution >= 4 is 11.9 Å². The molecule has 0 saturated carbocycles. The van der Waals surface area contributed by atoms with Crippen LogP contribution in [0.25, 0.3) is 5.95 Å². The first kappa shape index (κ1) is 15.1. The maximum atomic E-state index is 5.37. The summed E-state index contributed by atoms with van der Waals surface area (Å²) in [6, 6.07) is 0.483. The molecule has 114 valence electrons. The zero-order valence-corrected chi connectivity index (χ0v) is 12.4. The Morgan fingerprint density at radius 2 is 2.05 bits per heavy atom. The van der Waals surface area contributed by atoms with Gasteiger partial charge in [0, 0.05) is 19.1 Å². The summed E-state index contributed by atoms with van der Waals surface area (Å²) in [6.45, 7) is 5.86.